The molecule has 0 fully saturated rings. The Labute approximate surface area is 90.9 Å². The van der Waals surface area contributed by atoms with E-state index in [9.17, 15) is 9.90 Å². The van der Waals surface area contributed by atoms with Crippen molar-refractivity contribution >= 4 is 5.78 Å². The molecular weight excluding hydrogens is 188 g/mol. The highest BCUT2D eigenvalue weighted by Gasteiger charge is 2.34. The number of aliphatic hydroxyl groups excluding tert-OH is 1. The van der Waals surface area contributed by atoms with E-state index in [1.54, 1.807) is 26.0 Å². The first kappa shape index (κ1) is 11.9. The number of carbonyl (C=O) groups excluding carboxylic acids is 1. The summed E-state index contributed by atoms with van der Waals surface area (Å²) >= 11 is 0. The summed E-state index contributed by atoms with van der Waals surface area (Å²) in [6, 6.07) is 9.11. The summed E-state index contributed by atoms with van der Waals surface area (Å²) in [7, 11) is 0. The maximum atomic E-state index is 12.1. The first-order chi connectivity index (χ1) is 7.00. The molecule has 0 radical (unpaired) electrons. The van der Waals surface area contributed by atoms with Crippen LogP contribution < -0.4 is 0 Å². The van der Waals surface area contributed by atoms with Crippen molar-refractivity contribution in [2.75, 3.05) is 0 Å². The number of rotatable bonds is 4. The third-order valence-corrected chi connectivity index (χ3v) is 2.84. The van der Waals surface area contributed by atoms with Crippen LogP contribution in [-0.2, 0) is 0 Å². The lowest BCUT2D eigenvalue weighted by atomic mass is 9.78. The van der Waals surface area contributed by atoms with Crippen molar-refractivity contribution < 1.29 is 9.90 Å². The summed E-state index contributed by atoms with van der Waals surface area (Å²) in [5.41, 5.74) is -0.0502. The number of hydrogen-bond acceptors (Lipinski definition) is 2. The molecule has 0 saturated carbocycles. The maximum Gasteiger partial charge on any atom is 0.171 e. The third kappa shape index (κ3) is 2.45. The minimum atomic E-state index is -0.712. The van der Waals surface area contributed by atoms with Gasteiger partial charge in [-0.25, -0.2) is 0 Å². The minimum absolute atomic E-state index is 0.00236. The van der Waals surface area contributed by atoms with Crippen LogP contribution in [0, 0.1) is 5.41 Å². The number of benzene rings is 1. The standard InChI is InChI=1S/C13H18O2/c1-4-11(14)13(2,3)12(15)10-8-6-5-7-9-10/h5-9,11,14H,4H2,1-3H3. The lowest BCUT2D eigenvalue weighted by Crippen LogP contribution is -2.36. The Balaban J connectivity index is 2.94. The van der Waals surface area contributed by atoms with Gasteiger partial charge in [0.15, 0.2) is 5.78 Å². The van der Waals surface area contributed by atoms with Crippen LogP contribution in [-0.4, -0.2) is 17.0 Å². The Morgan fingerprint density at radius 1 is 1.33 bits per heavy atom. The molecule has 0 aliphatic rings. The van der Waals surface area contributed by atoms with E-state index in [2.05, 4.69) is 0 Å². The molecule has 1 aromatic carbocycles. The first-order valence-corrected chi connectivity index (χ1v) is 5.28. The van der Waals surface area contributed by atoms with Gasteiger partial charge in [-0.05, 0) is 6.42 Å². The third-order valence-electron chi connectivity index (χ3n) is 2.84. The lowest BCUT2D eigenvalue weighted by Gasteiger charge is -2.28. The molecule has 1 N–H and O–H groups in total. The second-order valence-electron chi connectivity index (χ2n) is 4.34. The van der Waals surface area contributed by atoms with Gasteiger partial charge in [0.2, 0.25) is 0 Å². The van der Waals surface area contributed by atoms with Crippen LogP contribution in [0.3, 0.4) is 0 Å². The van der Waals surface area contributed by atoms with Gasteiger partial charge in [-0.15, -0.1) is 0 Å². The molecule has 0 bridgehead atoms. The van der Waals surface area contributed by atoms with Crippen molar-refractivity contribution in [3.8, 4) is 0 Å². The van der Waals surface area contributed by atoms with Gasteiger partial charge in [0.1, 0.15) is 0 Å². The van der Waals surface area contributed by atoms with E-state index in [-0.39, 0.29) is 5.78 Å². The molecule has 0 saturated heterocycles. The van der Waals surface area contributed by atoms with Crippen LogP contribution >= 0.6 is 0 Å². The molecule has 0 spiro atoms. The van der Waals surface area contributed by atoms with E-state index >= 15 is 0 Å². The second kappa shape index (κ2) is 4.58. The normalized spacial score (nSPS) is 13.6. The lowest BCUT2D eigenvalue weighted by molar-refractivity contribution is 0.0380. The van der Waals surface area contributed by atoms with Crippen LogP contribution in [0.5, 0.6) is 0 Å². The van der Waals surface area contributed by atoms with Crippen molar-refractivity contribution in [2.24, 2.45) is 5.41 Å². The van der Waals surface area contributed by atoms with Crippen LogP contribution in [0.15, 0.2) is 30.3 Å². The highest BCUT2D eigenvalue weighted by Crippen LogP contribution is 2.27. The summed E-state index contributed by atoms with van der Waals surface area (Å²) in [6.45, 7) is 5.46. The van der Waals surface area contributed by atoms with Crippen LogP contribution in [0.1, 0.15) is 37.6 Å². The van der Waals surface area contributed by atoms with Crippen molar-refractivity contribution in [3.05, 3.63) is 35.9 Å². The van der Waals surface area contributed by atoms with Gasteiger partial charge in [0, 0.05) is 5.56 Å². The van der Waals surface area contributed by atoms with Crippen molar-refractivity contribution in [2.45, 2.75) is 33.3 Å². The van der Waals surface area contributed by atoms with E-state index in [0.29, 0.717) is 12.0 Å². The van der Waals surface area contributed by atoms with Gasteiger partial charge in [-0.3, -0.25) is 4.79 Å². The summed E-state index contributed by atoms with van der Waals surface area (Å²) in [5, 5.41) is 9.80. The van der Waals surface area contributed by atoms with E-state index in [1.807, 2.05) is 25.1 Å². The predicted octanol–water partition coefficient (Wildman–Crippen LogP) is 2.67. The number of carbonyl (C=O) groups is 1. The predicted molar refractivity (Wildman–Crippen MR) is 60.9 cm³/mol. The van der Waals surface area contributed by atoms with Gasteiger partial charge in [-0.1, -0.05) is 51.1 Å². The number of aliphatic hydroxyl groups is 1. The zero-order valence-corrected chi connectivity index (χ0v) is 9.53. The Bertz CT molecular complexity index is 328. The fourth-order valence-corrected chi connectivity index (χ4v) is 1.62. The first-order valence-electron chi connectivity index (χ1n) is 5.28. The SMILES string of the molecule is CCC(O)C(C)(C)C(=O)c1ccccc1. The van der Waals surface area contributed by atoms with Gasteiger partial charge >= 0.3 is 0 Å². The molecule has 82 valence electrons. The average molecular weight is 206 g/mol. The molecule has 15 heavy (non-hydrogen) atoms. The zero-order valence-electron chi connectivity index (χ0n) is 9.53. The number of ketones is 1. The summed E-state index contributed by atoms with van der Waals surface area (Å²) in [4.78, 5) is 12.1. The van der Waals surface area contributed by atoms with E-state index in [4.69, 9.17) is 0 Å². The van der Waals surface area contributed by atoms with Gasteiger partial charge in [-0.2, -0.15) is 0 Å². The smallest absolute Gasteiger partial charge is 0.171 e. The van der Waals surface area contributed by atoms with Crippen molar-refractivity contribution in [1.82, 2.24) is 0 Å². The Hall–Kier alpha value is -1.15. The molecule has 2 nitrogen and oxygen atoms in total. The zero-order chi connectivity index (χ0) is 11.5. The molecule has 0 aliphatic carbocycles. The Morgan fingerprint density at radius 3 is 2.33 bits per heavy atom. The maximum absolute atomic E-state index is 12.1. The summed E-state index contributed by atoms with van der Waals surface area (Å²) in [6.07, 6.45) is -0.00354. The van der Waals surface area contributed by atoms with Gasteiger partial charge in [0.25, 0.3) is 0 Å². The van der Waals surface area contributed by atoms with Crippen molar-refractivity contribution in [3.63, 3.8) is 0 Å². The molecule has 0 aliphatic heterocycles. The van der Waals surface area contributed by atoms with Crippen LogP contribution in [0.2, 0.25) is 0 Å². The highest BCUT2D eigenvalue weighted by molar-refractivity contribution is 6.00. The largest absolute Gasteiger partial charge is 0.392 e. The summed E-state index contributed by atoms with van der Waals surface area (Å²) < 4.78 is 0. The molecule has 2 heteroatoms. The number of Topliss-reactive ketones (excluding diaryl/α,β-unsaturated/α-hetero) is 1. The molecule has 0 amide bonds. The van der Waals surface area contributed by atoms with E-state index < -0.39 is 11.5 Å². The summed E-state index contributed by atoms with van der Waals surface area (Å²) in [5.74, 6) is -0.00236. The number of hydrogen-bond donors (Lipinski definition) is 1. The molecule has 1 rings (SSSR count). The Kier molecular flexibility index (Phi) is 3.64. The topological polar surface area (TPSA) is 37.3 Å². The monoisotopic (exact) mass is 206 g/mol. The molecule has 1 atom stereocenters. The molecule has 0 aromatic heterocycles. The van der Waals surface area contributed by atoms with E-state index in [0.717, 1.165) is 0 Å². The fourth-order valence-electron chi connectivity index (χ4n) is 1.62. The second-order valence-corrected chi connectivity index (χ2v) is 4.34. The Morgan fingerprint density at radius 2 is 1.87 bits per heavy atom. The van der Waals surface area contributed by atoms with Crippen LogP contribution in [0.25, 0.3) is 0 Å². The van der Waals surface area contributed by atoms with Crippen LogP contribution in [0.4, 0.5) is 0 Å². The molecule has 1 unspecified atom stereocenters. The minimum Gasteiger partial charge on any atom is -0.392 e. The highest BCUT2D eigenvalue weighted by atomic mass is 16.3. The average Bonchev–Trinajstić information content (AvgIpc) is 2.28. The van der Waals surface area contributed by atoms with Gasteiger partial charge in [0.05, 0.1) is 11.5 Å². The fraction of sp³-hybridized carbons (Fsp3) is 0.462. The van der Waals surface area contributed by atoms with Crippen molar-refractivity contribution in [1.29, 1.82) is 0 Å². The molecule has 0 heterocycles. The quantitative estimate of drug-likeness (QED) is 0.769. The van der Waals surface area contributed by atoms with E-state index in [1.165, 1.54) is 0 Å². The molecule has 1 aromatic rings. The molecular formula is C13H18O2. The van der Waals surface area contributed by atoms with Gasteiger partial charge < -0.3 is 5.11 Å².